The van der Waals surface area contributed by atoms with E-state index < -0.39 is 0 Å². The maximum atomic E-state index is 5.42. The number of nitrogens with one attached hydrogen (secondary N) is 2. The van der Waals surface area contributed by atoms with Crippen LogP contribution in [0.3, 0.4) is 0 Å². The first-order chi connectivity index (χ1) is 10.3. The van der Waals surface area contributed by atoms with Crippen LogP contribution in [0.1, 0.15) is 23.3 Å². The van der Waals surface area contributed by atoms with Gasteiger partial charge < -0.3 is 20.1 Å². The molecule has 1 aromatic rings. The van der Waals surface area contributed by atoms with E-state index in [1.165, 1.54) is 10.4 Å². The number of thiophene rings is 1. The van der Waals surface area contributed by atoms with Gasteiger partial charge in [0, 0.05) is 32.2 Å². The molecule has 2 N–H and O–H groups in total. The quantitative estimate of drug-likeness (QED) is 0.395. The maximum Gasteiger partial charge on any atom is 0.191 e. The highest BCUT2D eigenvalue weighted by Crippen LogP contribution is 2.14. The minimum atomic E-state index is 0.664. The van der Waals surface area contributed by atoms with E-state index in [-0.39, 0.29) is 0 Å². The number of nitrogens with zero attached hydrogens (tertiary/aromatic N) is 1. The molecule has 0 bridgehead atoms. The fourth-order valence-electron chi connectivity index (χ4n) is 1.75. The molecule has 5 nitrogen and oxygen atoms in total. The summed E-state index contributed by atoms with van der Waals surface area (Å²) >= 11 is 1.77. The Morgan fingerprint density at radius 3 is 2.76 bits per heavy atom. The average Bonchev–Trinajstić information content (AvgIpc) is 2.90. The topological polar surface area (TPSA) is 54.9 Å². The van der Waals surface area contributed by atoms with Gasteiger partial charge in [0.2, 0.25) is 0 Å². The van der Waals surface area contributed by atoms with Crippen molar-refractivity contribution in [2.75, 3.05) is 40.5 Å². The molecule has 0 aromatic carbocycles. The molecule has 0 unspecified atom stereocenters. The molecule has 0 aliphatic rings. The van der Waals surface area contributed by atoms with Gasteiger partial charge in [-0.25, -0.2) is 0 Å². The van der Waals surface area contributed by atoms with Crippen molar-refractivity contribution in [3.63, 3.8) is 0 Å². The van der Waals surface area contributed by atoms with Gasteiger partial charge in [0.15, 0.2) is 5.96 Å². The Morgan fingerprint density at radius 2 is 2.10 bits per heavy atom. The molecule has 0 aliphatic heterocycles. The fourth-order valence-corrected chi connectivity index (χ4v) is 2.60. The highest BCUT2D eigenvalue weighted by Gasteiger charge is 2.01. The predicted molar refractivity (Wildman–Crippen MR) is 89.2 cm³/mol. The van der Waals surface area contributed by atoms with Gasteiger partial charge in [0.25, 0.3) is 0 Å². The zero-order chi connectivity index (χ0) is 15.3. The minimum Gasteiger partial charge on any atom is -0.382 e. The molecule has 21 heavy (non-hydrogen) atoms. The molecule has 0 saturated heterocycles. The smallest absolute Gasteiger partial charge is 0.191 e. The first-order valence-electron chi connectivity index (χ1n) is 7.32. The number of methoxy groups -OCH3 is 1. The van der Waals surface area contributed by atoms with Gasteiger partial charge in [-0.1, -0.05) is 0 Å². The fraction of sp³-hybridized carbons (Fsp3) is 0.667. The summed E-state index contributed by atoms with van der Waals surface area (Å²) in [4.78, 5) is 5.58. The van der Waals surface area contributed by atoms with Crippen molar-refractivity contribution in [3.8, 4) is 0 Å². The predicted octanol–water partition coefficient (Wildman–Crippen LogP) is 2.16. The average molecular weight is 313 g/mol. The zero-order valence-corrected chi connectivity index (χ0v) is 14.1. The number of ether oxygens (including phenoxy) is 2. The Labute approximate surface area is 131 Å². The number of hydrogen-bond donors (Lipinski definition) is 2. The van der Waals surface area contributed by atoms with Crippen molar-refractivity contribution in [2.45, 2.75) is 26.3 Å². The minimum absolute atomic E-state index is 0.664. The van der Waals surface area contributed by atoms with E-state index in [2.05, 4.69) is 34.0 Å². The summed E-state index contributed by atoms with van der Waals surface area (Å²) in [6.45, 7) is 5.98. The molecule has 0 atom stereocenters. The molecule has 0 amide bonds. The Kier molecular flexibility index (Phi) is 9.86. The van der Waals surface area contributed by atoms with Gasteiger partial charge in [0.05, 0.1) is 19.8 Å². The van der Waals surface area contributed by atoms with Gasteiger partial charge >= 0.3 is 0 Å². The van der Waals surface area contributed by atoms with Crippen molar-refractivity contribution in [2.24, 2.45) is 4.99 Å². The molecule has 120 valence electrons. The van der Waals surface area contributed by atoms with Crippen molar-refractivity contribution >= 4 is 17.3 Å². The summed E-state index contributed by atoms with van der Waals surface area (Å²) in [6, 6.07) is 2.14. The van der Waals surface area contributed by atoms with E-state index in [0.717, 1.165) is 38.5 Å². The number of aliphatic imine (C=N–C) groups is 1. The van der Waals surface area contributed by atoms with Crippen LogP contribution in [0.15, 0.2) is 16.4 Å². The van der Waals surface area contributed by atoms with E-state index in [4.69, 9.17) is 9.47 Å². The first-order valence-corrected chi connectivity index (χ1v) is 8.20. The monoisotopic (exact) mass is 313 g/mol. The van der Waals surface area contributed by atoms with Crippen molar-refractivity contribution in [1.82, 2.24) is 10.6 Å². The zero-order valence-electron chi connectivity index (χ0n) is 13.3. The van der Waals surface area contributed by atoms with E-state index in [1.807, 2.05) is 0 Å². The SMILES string of the molecule is CN=C(NCCCCOCCOC)NCc1sccc1C. The lowest BCUT2D eigenvalue weighted by Gasteiger charge is -2.11. The third kappa shape index (κ3) is 8.04. The van der Waals surface area contributed by atoms with Crippen LogP contribution in [0.25, 0.3) is 0 Å². The largest absolute Gasteiger partial charge is 0.382 e. The van der Waals surface area contributed by atoms with Crippen LogP contribution < -0.4 is 10.6 Å². The second-order valence-corrected chi connectivity index (χ2v) is 5.69. The van der Waals surface area contributed by atoms with E-state index in [1.54, 1.807) is 25.5 Å². The third-order valence-corrected chi connectivity index (χ3v) is 4.07. The molecule has 0 fully saturated rings. The molecular formula is C15H27N3O2S. The summed E-state index contributed by atoms with van der Waals surface area (Å²) in [6.07, 6.45) is 2.10. The van der Waals surface area contributed by atoms with Gasteiger partial charge in [-0.2, -0.15) is 0 Å². The maximum absolute atomic E-state index is 5.42. The summed E-state index contributed by atoms with van der Waals surface area (Å²) < 4.78 is 10.3. The second kappa shape index (κ2) is 11.5. The summed E-state index contributed by atoms with van der Waals surface area (Å²) in [5.41, 5.74) is 1.33. The Morgan fingerprint density at radius 1 is 1.24 bits per heavy atom. The number of guanidine groups is 1. The van der Waals surface area contributed by atoms with Crippen molar-refractivity contribution in [3.05, 3.63) is 21.9 Å². The first kappa shape index (κ1) is 17.9. The van der Waals surface area contributed by atoms with Crippen molar-refractivity contribution in [1.29, 1.82) is 0 Å². The van der Waals surface area contributed by atoms with E-state index >= 15 is 0 Å². The Bertz CT molecular complexity index is 407. The van der Waals surface area contributed by atoms with Crippen LogP contribution in [0, 0.1) is 6.92 Å². The number of rotatable bonds is 10. The number of hydrogen-bond acceptors (Lipinski definition) is 4. The summed E-state index contributed by atoms with van der Waals surface area (Å²) in [7, 11) is 3.48. The van der Waals surface area contributed by atoms with Crippen LogP contribution in [0.4, 0.5) is 0 Å². The Hall–Kier alpha value is -1.11. The molecule has 1 heterocycles. The third-order valence-electron chi connectivity index (χ3n) is 3.05. The standard InChI is InChI=1S/C15H27N3O2S/c1-13-6-11-21-14(13)12-18-15(16-2)17-7-4-5-8-20-10-9-19-3/h6,11H,4-5,7-10,12H2,1-3H3,(H2,16,17,18). The number of unbranched alkanes of at least 4 members (excludes halogenated alkanes) is 1. The molecule has 0 aliphatic carbocycles. The second-order valence-electron chi connectivity index (χ2n) is 4.69. The summed E-state index contributed by atoms with van der Waals surface area (Å²) in [5, 5.41) is 8.77. The highest BCUT2D eigenvalue weighted by atomic mass is 32.1. The van der Waals surface area contributed by atoms with Crippen LogP contribution in [-0.4, -0.2) is 46.5 Å². The lowest BCUT2D eigenvalue weighted by atomic mass is 10.3. The lowest BCUT2D eigenvalue weighted by molar-refractivity contribution is 0.0689. The van der Waals surface area contributed by atoms with Gasteiger partial charge in [-0.05, 0) is 36.8 Å². The molecule has 0 radical (unpaired) electrons. The van der Waals surface area contributed by atoms with Gasteiger partial charge in [0.1, 0.15) is 0 Å². The molecule has 0 spiro atoms. The molecule has 0 saturated carbocycles. The van der Waals surface area contributed by atoms with Crippen molar-refractivity contribution < 1.29 is 9.47 Å². The van der Waals surface area contributed by atoms with Crippen LogP contribution in [0.2, 0.25) is 0 Å². The molecular weight excluding hydrogens is 286 g/mol. The van der Waals surface area contributed by atoms with E-state index in [9.17, 15) is 0 Å². The summed E-state index contributed by atoms with van der Waals surface area (Å²) in [5.74, 6) is 0.850. The van der Waals surface area contributed by atoms with Gasteiger partial charge in [-0.3, -0.25) is 4.99 Å². The van der Waals surface area contributed by atoms with Crippen LogP contribution >= 0.6 is 11.3 Å². The normalized spacial score (nSPS) is 11.7. The molecule has 1 aromatic heterocycles. The van der Waals surface area contributed by atoms with Crippen LogP contribution in [-0.2, 0) is 16.0 Å². The van der Waals surface area contributed by atoms with E-state index in [0.29, 0.717) is 13.2 Å². The lowest BCUT2D eigenvalue weighted by Crippen LogP contribution is -2.37. The molecule has 6 heteroatoms. The number of aryl methyl sites for hydroxylation is 1. The van der Waals surface area contributed by atoms with Crippen LogP contribution in [0.5, 0.6) is 0 Å². The van der Waals surface area contributed by atoms with Gasteiger partial charge in [-0.15, -0.1) is 11.3 Å². The molecule has 1 rings (SSSR count). The Balaban J connectivity index is 2.05. The highest BCUT2D eigenvalue weighted by molar-refractivity contribution is 7.10.